The summed E-state index contributed by atoms with van der Waals surface area (Å²) in [5.74, 6) is 0. The van der Waals surface area contributed by atoms with Gasteiger partial charge in [0.2, 0.25) is 0 Å². The van der Waals surface area contributed by atoms with Crippen LogP contribution in [0.4, 0.5) is 13.2 Å². The first-order valence-corrected chi connectivity index (χ1v) is 12.2. The number of nitrogens with zero attached hydrogens (tertiary/aromatic N) is 1. The van der Waals surface area contributed by atoms with E-state index in [1.165, 1.54) is 17.8 Å². The molecule has 1 aliphatic rings. The first-order valence-electron chi connectivity index (χ1n) is 9.72. The average molecular weight is 498 g/mol. The minimum Gasteiger partial charge on any atom is -0.264 e. The van der Waals surface area contributed by atoms with Crippen LogP contribution in [-0.4, -0.2) is 21.2 Å². The maximum absolute atomic E-state index is 13.8. The van der Waals surface area contributed by atoms with Crippen molar-refractivity contribution in [2.45, 2.75) is 46.9 Å². The van der Waals surface area contributed by atoms with Crippen molar-refractivity contribution in [1.29, 1.82) is 0 Å². The monoisotopic (exact) mass is 497 g/mol. The van der Waals surface area contributed by atoms with E-state index < -0.39 is 26.6 Å². The number of alkyl halides is 3. The van der Waals surface area contributed by atoms with E-state index in [0.717, 1.165) is 21.6 Å². The zero-order valence-corrected chi connectivity index (χ0v) is 20.1. The normalized spacial score (nSPS) is 21.6. The molecule has 0 spiro atoms. The molecule has 0 aromatic heterocycles. The summed E-state index contributed by atoms with van der Waals surface area (Å²) in [6, 6.07) is 18.3. The molecule has 0 fully saturated rings. The number of halogens is 3. The van der Waals surface area contributed by atoms with Crippen LogP contribution in [0.15, 0.2) is 92.4 Å². The molecule has 0 aliphatic heterocycles. The predicted molar refractivity (Wildman–Crippen MR) is 127 cm³/mol. The average Bonchev–Trinajstić information content (AvgIpc) is 2.70. The van der Waals surface area contributed by atoms with Crippen LogP contribution in [-0.2, 0) is 0 Å². The maximum Gasteiger partial charge on any atom is 0.442 e. The molecule has 9 heteroatoms. The topological polar surface area (TPSA) is 43.1 Å². The Bertz CT molecular complexity index is 1020. The van der Waals surface area contributed by atoms with Crippen LogP contribution in [0.5, 0.6) is 0 Å². The lowest BCUT2D eigenvalue weighted by Crippen LogP contribution is -2.57. The molecule has 2 unspecified atom stereocenters. The quantitative estimate of drug-likeness (QED) is 0.298. The highest BCUT2D eigenvalue weighted by atomic mass is 32.2. The molecule has 0 saturated heterocycles. The maximum atomic E-state index is 13.8. The Labute approximate surface area is 198 Å². The lowest BCUT2D eigenvalue weighted by atomic mass is 9.70. The zero-order valence-electron chi connectivity index (χ0n) is 17.6. The van der Waals surface area contributed by atoms with E-state index >= 15 is 0 Å². The van der Waals surface area contributed by atoms with Crippen molar-refractivity contribution in [1.82, 2.24) is 0 Å². The number of hydrogen-bond acceptors (Lipinski definition) is 5. The van der Waals surface area contributed by atoms with Gasteiger partial charge in [-0.1, -0.05) is 80.7 Å². The highest BCUT2D eigenvalue weighted by Crippen LogP contribution is 2.57. The second-order valence-electron chi connectivity index (χ2n) is 8.17. The largest absolute Gasteiger partial charge is 0.442 e. The Balaban J connectivity index is 2.22. The molecule has 2 atom stereocenters. The first-order chi connectivity index (χ1) is 14.9. The minimum absolute atomic E-state index is 0.303. The van der Waals surface area contributed by atoms with Crippen LogP contribution in [0.25, 0.3) is 0 Å². The second-order valence-corrected chi connectivity index (χ2v) is 11.6. The van der Waals surface area contributed by atoms with E-state index in [1.54, 1.807) is 51.1 Å². The molecule has 3 nitrogen and oxygen atoms in total. The van der Waals surface area contributed by atoms with Crippen molar-refractivity contribution in [3.8, 4) is 0 Å². The fourth-order valence-electron chi connectivity index (χ4n) is 3.47. The molecule has 2 aromatic carbocycles. The smallest absolute Gasteiger partial charge is 0.264 e. The van der Waals surface area contributed by atoms with E-state index in [1.807, 2.05) is 36.4 Å². The lowest BCUT2D eigenvalue weighted by molar-refractivity contribution is -0.572. The molecule has 3 rings (SSSR count). The molecule has 2 aromatic rings. The van der Waals surface area contributed by atoms with Crippen molar-refractivity contribution in [3.05, 3.63) is 92.7 Å². The van der Waals surface area contributed by atoms with Crippen molar-refractivity contribution < 1.29 is 18.1 Å². The van der Waals surface area contributed by atoms with Crippen molar-refractivity contribution in [3.63, 3.8) is 0 Å². The Morgan fingerprint density at radius 3 is 1.84 bits per heavy atom. The predicted octanol–water partition coefficient (Wildman–Crippen LogP) is 8.04. The summed E-state index contributed by atoms with van der Waals surface area (Å²) >= 11 is 2.17. The molecule has 170 valence electrons. The van der Waals surface area contributed by atoms with Gasteiger partial charge in [0.15, 0.2) is 0 Å². The highest BCUT2D eigenvalue weighted by Gasteiger charge is 2.63. The van der Waals surface area contributed by atoms with Crippen molar-refractivity contribution in [2.75, 3.05) is 0 Å². The molecule has 32 heavy (non-hydrogen) atoms. The van der Waals surface area contributed by atoms with E-state index in [9.17, 15) is 23.3 Å². The Hall–Kier alpha value is -1.84. The summed E-state index contributed by atoms with van der Waals surface area (Å²) < 4.78 is 41.3. The summed E-state index contributed by atoms with van der Waals surface area (Å²) in [5.41, 5.74) is -7.65. The Morgan fingerprint density at radius 2 is 1.41 bits per heavy atom. The SMILES string of the molecule is CC(C)(C)C1([N+](=O)[O-])C=CC(Sc2ccccc2)=C(Sc2ccccc2)C1SC(F)(F)F. The van der Waals surface area contributed by atoms with E-state index in [0.29, 0.717) is 9.81 Å². The van der Waals surface area contributed by atoms with Crippen LogP contribution in [0, 0.1) is 15.5 Å². The molecule has 0 saturated carbocycles. The minimum atomic E-state index is -4.65. The fraction of sp³-hybridized carbons (Fsp3) is 0.304. The molecule has 0 N–H and O–H groups in total. The third-order valence-corrected chi connectivity index (χ3v) is 8.71. The molecule has 0 radical (unpaired) electrons. The summed E-state index contributed by atoms with van der Waals surface area (Å²) in [6.07, 6.45) is 2.97. The lowest BCUT2D eigenvalue weighted by Gasteiger charge is -2.43. The molecule has 1 aliphatic carbocycles. The van der Waals surface area contributed by atoms with Gasteiger partial charge in [-0.05, 0) is 48.2 Å². The molecular weight excluding hydrogens is 475 g/mol. The van der Waals surface area contributed by atoms with E-state index in [4.69, 9.17) is 0 Å². The highest BCUT2D eigenvalue weighted by molar-refractivity contribution is 8.08. The van der Waals surface area contributed by atoms with E-state index in [2.05, 4.69) is 0 Å². The Kier molecular flexibility index (Phi) is 7.41. The van der Waals surface area contributed by atoms with Gasteiger partial charge in [-0.15, -0.1) is 0 Å². The van der Waals surface area contributed by atoms with Crippen LogP contribution in [0.2, 0.25) is 0 Å². The van der Waals surface area contributed by atoms with Crippen molar-refractivity contribution >= 4 is 35.3 Å². The standard InChI is InChI=1S/C23H22F3NO2S3/c1-21(2,3)22(27(28)29)15-14-18(30-16-10-6-4-7-11-16)19(20(22)32-23(24,25)26)31-17-12-8-5-9-13-17/h4-15,20H,1-3H3. The number of rotatable bonds is 6. The van der Waals surface area contributed by atoms with Gasteiger partial charge in [-0.3, -0.25) is 10.1 Å². The third-order valence-electron chi connectivity index (χ3n) is 5.07. The van der Waals surface area contributed by atoms with Gasteiger partial charge in [0.05, 0.1) is 0 Å². The first kappa shape index (κ1) is 24.8. The van der Waals surface area contributed by atoms with E-state index in [-0.39, 0.29) is 11.8 Å². The van der Waals surface area contributed by atoms with Crippen LogP contribution < -0.4 is 0 Å². The van der Waals surface area contributed by atoms with Crippen LogP contribution in [0.1, 0.15) is 20.8 Å². The van der Waals surface area contributed by atoms with Crippen LogP contribution >= 0.6 is 35.3 Å². The van der Waals surface area contributed by atoms with Gasteiger partial charge in [0.25, 0.3) is 5.54 Å². The zero-order chi connectivity index (χ0) is 23.6. The van der Waals surface area contributed by atoms with Crippen LogP contribution in [0.3, 0.4) is 0 Å². The summed E-state index contributed by atoms with van der Waals surface area (Å²) in [7, 11) is 0. The van der Waals surface area contributed by atoms with Crippen molar-refractivity contribution in [2.24, 2.45) is 5.41 Å². The number of benzene rings is 2. The second kappa shape index (κ2) is 9.57. The fourth-order valence-corrected chi connectivity index (χ4v) is 7.19. The third kappa shape index (κ3) is 5.38. The number of nitro groups is 1. The molecular formula is C23H22F3NO2S3. The molecule has 0 amide bonds. The van der Waals surface area contributed by atoms with Gasteiger partial charge in [-0.25, -0.2) is 0 Å². The summed E-state index contributed by atoms with van der Waals surface area (Å²) in [6.45, 7) is 4.85. The van der Waals surface area contributed by atoms with Gasteiger partial charge in [0.1, 0.15) is 5.25 Å². The molecule has 0 bridgehead atoms. The van der Waals surface area contributed by atoms with Gasteiger partial charge >= 0.3 is 5.51 Å². The summed E-state index contributed by atoms with van der Waals surface area (Å²) in [4.78, 5) is 14.3. The summed E-state index contributed by atoms with van der Waals surface area (Å²) in [5, 5.41) is 11.0. The number of hydrogen-bond donors (Lipinski definition) is 0. The number of allylic oxidation sites excluding steroid dienone is 1. The number of thioether (sulfide) groups is 3. The van der Waals surface area contributed by atoms with Gasteiger partial charge in [0, 0.05) is 29.9 Å². The molecule has 0 heterocycles. The Morgan fingerprint density at radius 1 is 0.906 bits per heavy atom. The van der Waals surface area contributed by atoms with Gasteiger partial charge in [-0.2, -0.15) is 13.2 Å². The van der Waals surface area contributed by atoms with Gasteiger partial charge < -0.3 is 0 Å².